The summed E-state index contributed by atoms with van der Waals surface area (Å²) in [6.45, 7) is 4.45. The minimum Gasteiger partial charge on any atom is -0.872 e. The van der Waals surface area contributed by atoms with Gasteiger partial charge < -0.3 is 24.2 Å². The van der Waals surface area contributed by atoms with Gasteiger partial charge in [0.2, 0.25) is 0 Å². The first-order valence-electron chi connectivity index (χ1n) is 20.9. The van der Waals surface area contributed by atoms with Crippen molar-refractivity contribution in [2.45, 2.75) is 152 Å². The van der Waals surface area contributed by atoms with Gasteiger partial charge in [-0.1, -0.05) is 159 Å². The Bertz CT molecular complexity index is 1870. The zero-order valence-corrected chi connectivity index (χ0v) is 38.8. The monoisotopic (exact) mass is 878 g/mol. The second-order valence-electron chi connectivity index (χ2n) is 14.7. The number of phenolic OH excluding ortho intramolecular Hbond substituents is 1. The summed E-state index contributed by atoms with van der Waals surface area (Å²) < 4.78 is 77.2. The van der Waals surface area contributed by atoms with Crippen LogP contribution in [0.3, 0.4) is 0 Å². The first kappa shape index (κ1) is 52.3. The summed E-state index contributed by atoms with van der Waals surface area (Å²) in [5.74, 6) is 0.474. The standard InChI is InChI=1S/2C23H32O5S.Ca/c2*1-2-3-4-5-6-7-8-9-10-13-19-16-17-20(18-21(19)24)28-22-14-11-12-15-23(22)29(25,26)27;/h2*11-12,14-18,24H,2-10,13H2,1H3,(H,25,26,27);/q;;+2/p-2. The Hall–Kier alpha value is -2.84. The first-order valence-corrected chi connectivity index (χ1v) is 23.8. The smallest absolute Gasteiger partial charge is 0.872 e. The molecule has 4 aromatic rings. The molecule has 0 aliphatic rings. The third-order valence-corrected chi connectivity index (χ3v) is 11.7. The Labute approximate surface area is 383 Å². The van der Waals surface area contributed by atoms with Crippen LogP contribution < -0.4 is 14.6 Å². The molecule has 0 radical (unpaired) electrons. The average Bonchev–Trinajstić information content (AvgIpc) is 3.18. The SMILES string of the molecule is CCCCCCCCCCCc1ccc(Oc2ccccc2S(=O)(=O)O)cc1O.CCCCCCCCCCCc1ccc(Oc2ccccc2S(=O)(=O)[O-])cc1[O-].[Ca+2]. The molecule has 0 atom stereocenters. The van der Waals surface area contributed by atoms with Gasteiger partial charge in [-0.05, 0) is 73.7 Å². The molecule has 320 valence electrons. The van der Waals surface area contributed by atoms with Crippen molar-refractivity contribution in [3.8, 4) is 34.5 Å². The van der Waals surface area contributed by atoms with Crippen molar-refractivity contribution in [3.05, 3.63) is 96.1 Å². The number of benzene rings is 4. The van der Waals surface area contributed by atoms with Gasteiger partial charge in [0.1, 0.15) is 43.8 Å². The van der Waals surface area contributed by atoms with Crippen LogP contribution in [0.15, 0.2) is 94.7 Å². The first-order chi connectivity index (χ1) is 27.8. The fourth-order valence-corrected chi connectivity index (χ4v) is 7.83. The van der Waals surface area contributed by atoms with Crippen molar-refractivity contribution in [1.29, 1.82) is 0 Å². The van der Waals surface area contributed by atoms with Gasteiger partial charge >= 0.3 is 37.7 Å². The molecule has 59 heavy (non-hydrogen) atoms. The van der Waals surface area contributed by atoms with Crippen LogP contribution in [-0.2, 0) is 33.1 Å². The Kier molecular flexibility index (Phi) is 25.4. The normalized spacial score (nSPS) is 11.3. The van der Waals surface area contributed by atoms with E-state index in [1.807, 2.05) is 0 Å². The fourth-order valence-electron chi connectivity index (χ4n) is 6.62. The van der Waals surface area contributed by atoms with Crippen LogP contribution in [0.25, 0.3) is 0 Å². The van der Waals surface area contributed by atoms with Crippen molar-refractivity contribution in [3.63, 3.8) is 0 Å². The molecule has 0 fully saturated rings. The molecule has 0 aromatic heterocycles. The molecule has 2 N–H and O–H groups in total. The van der Waals surface area contributed by atoms with Crippen molar-refractivity contribution < 1.29 is 45.6 Å². The number of phenols is 1. The van der Waals surface area contributed by atoms with Crippen LogP contribution in [-0.4, -0.2) is 68.8 Å². The topological polar surface area (TPSA) is 173 Å². The fraction of sp³-hybridized carbons (Fsp3) is 0.478. The number of para-hydroxylation sites is 2. The molecule has 4 rings (SSSR count). The predicted molar refractivity (Wildman–Crippen MR) is 232 cm³/mol. The third kappa shape index (κ3) is 20.5. The molecule has 4 aromatic carbocycles. The number of hydrogen-bond acceptors (Lipinski definition) is 9. The molecular weight excluding hydrogens is 817 g/mol. The number of aryl methyl sites for hydroxylation is 2. The van der Waals surface area contributed by atoms with Crippen LogP contribution in [0.2, 0.25) is 0 Å². The molecule has 0 amide bonds. The van der Waals surface area contributed by atoms with Gasteiger partial charge in [-0.15, -0.1) is 5.75 Å². The van der Waals surface area contributed by atoms with Gasteiger partial charge in [0.25, 0.3) is 10.1 Å². The Balaban J connectivity index is 0.000000400. The predicted octanol–water partition coefficient (Wildman–Crippen LogP) is 11.7. The number of unbranched alkanes of at least 4 members (excludes halogenated alkanes) is 16. The van der Waals surface area contributed by atoms with E-state index in [0.717, 1.165) is 49.7 Å². The van der Waals surface area contributed by atoms with Crippen LogP contribution in [0.5, 0.6) is 34.5 Å². The van der Waals surface area contributed by atoms with E-state index < -0.39 is 25.1 Å². The molecule has 0 aliphatic heterocycles. The number of aromatic hydroxyl groups is 1. The maximum absolute atomic E-state index is 12.3. The van der Waals surface area contributed by atoms with Crippen LogP contribution in [0, 0.1) is 0 Å². The minimum absolute atomic E-state index is 0. The van der Waals surface area contributed by atoms with Crippen molar-refractivity contribution >= 4 is 58.0 Å². The van der Waals surface area contributed by atoms with Gasteiger partial charge in [-0.25, -0.2) is 8.42 Å². The van der Waals surface area contributed by atoms with Crippen molar-refractivity contribution in [2.75, 3.05) is 0 Å². The summed E-state index contributed by atoms with van der Waals surface area (Å²) in [6.07, 6.45) is 23.8. The summed E-state index contributed by atoms with van der Waals surface area (Å²) in [7, 11) is -9.04. The Morgan fingerprint density at radius 1 is 0.525 bits per heavy atom. The van der Waals surface area contributed by atoms with Crippen LogP contribution in [0.4, 0.5) is 0 Å². The zero-order chi connectivity index (χ0) is 42.2. The van der Waals surface area contributed by atoms with E-state index in [1.54, 1.807) is 36.4 Å². The van der Waals surface area contributed by atoms with Crippen molar-refractivity contribution in [1.82, 2.24) is 0 Å². The number of hydrogen-bond donors (Lipinski definition) is 2. The van der Waals surface area contributed by atoms with Crippen LogP contribution in [0.1, 0.15) is 141 Å². The quantitative estimate of drug-likeness (QED) is 0.0351. The molecule has 10 nitrogen and oxygen atoms in total. The summed E-state index contributed by atoms with van der Waals surface area (Å²) >= 11 is 0. The third-order valence-electron chi connectivity index (χ3n) is 9.90. The zero-order valence-electron chi connectivity index (χ0n) is 34.9. The van der Waals surface area contributed by atoms with E-state index in [4.69, 9.17) is 9.47 Å². The molecular formula is C46H62CaO10S2. The van der Waals surface area contributed by atoms with E-state index in [0.29, 0.717) is 5.75 Å². The molecule has 0 aliphatic carbocycles. The van der Waals surface area contributed by atoms with E-state index in [1.165, 1.54) is 138 Å². The molecule has 0 heterocycles. The summed E-state index contributed by atoms with van der Waals surface area (Å²) in [5.41, 5.74) is 1.58. The van der Waals surface area contributed by atoms with Gasteiger partial charge in [0.05, 0.1) is 4.90 Å². The summed E-state index contributed by atoms with van der Waals surface area (Å²) in [6, 6.07) is 21.1. The van der Waals surface area contributed by atoms with E-state index in [2.05, 4.69) is 13.8 Å². The van der Waals surface area contributed by atoms with Crippen molar-refractivity contribution in [2.24, 2.45) is 0 Å². The van der Waals surface area contributed by atoms with Gasteiger partial charge in [0.15, 0.2) is 0 Å². The molecule has 0 saturated carbocycles. The van der Waals surface area contributed by atoms with Gasteiger partial charge in [0, 0.05) is 6.07 Å². The molecule has 0 bridgehead atoms. The largest absolute Gasteiger partial charge is 2.00 e. The number of rotatable bonds is 26. The summed E-state index contributed by atoms with van der Waals surface area (Å²) in [5, 5.41) is 22.6. The minimum atomic E-state index is -4.65. The molecule has 0 unspecified atom stereocenters. The van der Waals surface area contributed by atoms with Gasteiger partial charge in [-0.3, -0.25) is 4.55 Å². The van der Waals surface area contributed by atoms with Gasteiger partial charge in [-0.2, -0.15) is 8.42 Å². The average molecular weight is 879 g/mol. The second kappa shape index (κ2) is 28.6. The van der Waals surface area contributed by atoms with E-state index in [-0.39, 0.29) is 71.4 Å². The van der Waals surface area contributed by atoms with E-state index in [9.17, 15) is 36.2 Å². The maximum atomic E-state index is 12.3. The van der Waals surface area contributed by atoms with Crippen LogP contribution >= 0.6 is 0 Å². The Morgan fingerprint density at radius 3 is 1.36 bits per heavy atom. The maximum Gasteiger partial charge on any atom is 2.00 e. The van der Waals surface area contributed by atoms with E-state index >= 15 is 0 Å². The molecule has 13 heteroatoms. The number of ether oxygens (including phenoxy) is 2. The molecule has 0 spiro atoms. The molecule has 0 saturated heterocycles. The Morgan fingerprint density at radius 2 is 0.915 bits per heavy atom. The summed E-state index contributed by atoms with van der Waals surface area (Å²) in [4.78, 5) is -0.746. The second-order valence-corrected chi connectivity index (χ2v) is 17.5.